The van der Waals surface area contributed by atoms with E-state index in [-0.39, 0.29) is 6.42 Å². The summed E-state index contributed by atoms with van der Waals surface area (Å²) in [5.41, 5.74) is 1.11. The lowest BCUT2D eigenvalue weighted by molar-refractivity contribution is -0.137. The molecule has 0 atom stereocenters. The molecular weight excluding hydrogens is 218 g/mol. The molecule has 0 radical (unpaired) electrons. The van der Waals surface area contributed by atoms with Crippen LogP contribution in [-0.4, -0.2) is 42.7 Å². The van der Waals surface area contributed by atoms with E-state index < -0.39 is 5.97 Å². The smallest absolute Gasteiger partial charge is 0.304 e. The molecule has 17 heavy (non-hydrogen) atoms. The zero-order valence-corrected chi connectivity index (χ0v) is 10.3. The van der Waals surface area contributed by atoms with Crippen molar-refractivity contribution in [1.29, 1.82) is 0 Å². The summed E-state index contributed by atoms with van der Waals surface area (Å²) in [6.07, 6.45) is 0.168. The summed E-state index contributed by atoms with van der Waals surface area (Å²) in [6, 6.07) is 7.85. The van der Waals surface area contributed by atoms with Crippen LogP contribution in [0.15, 0.2) is 24.3 Å². The van der Waals surface area contributed by atoms with Crippen molar-refractivity contribution in [2.24, 2.45) is 0 Å². The van der Waals surface area contributed by atoms with Crippen LogP contribution in [0, 0.1) is 6.92 Å². The third-order valence-corrected chi connectivity index (χ3v) is 2.53. The zero-order valence-electron chi connectivity index (χ0n) is 10.3. The Kier molecular flexibility index (Phi) is 5.49. The largest absolute Gasteiger partial charge is 0.492 e. The minimum Gasteiger partial charge on any atom is -0.492 e. The first kappa shape index (κ1) is 13.5. The molecule has 1 rings (SSSR count). The number of carboxylic acid groups (broad SMARTS) is 1. The number of hydrogen-bond acceptors (Lipinski definition) is 3. The molecule has 0 heterocycles. The van der Waals surface area contributed by atoms with Crippen LogP contribution >= 0.6 is 0 Å². The third-order valence-electron chi connectivity index (χ3n) is 2.53. The summed E-state index contributed by atoms with van der Waals surface area (Å²) >= 11 is 0. The van der Waals surface area contributed by atoms with Gasteiger partial charge in [0.15, 0.2) is 0 Å². The molecule has 0 amide bonds. The lowest BCUT2D eigenvalue weighted by Gasteiger charge is -2.16. The Labute approximate surface area is 102 Å². The maximum Gasteiger partial charge on any atom is 0.304 e. The Hall–Kier alpha value is -1.55. The van der Waals surface area contributed by atoms with Crippen molar-refractivity contribution in [2.45, 2.75) is 13.3 Å². The lowest BCUT2D eigenvalue weighted by atomic mass is 10.2. The van der Waals surface area contributed by atoms with Gasteiger partial charge in [0.2, 0.25) is 0 Å². The summed E-state index contributed by atoms with van der Waals surface area (Å²) in [4.78, 5) is 12.3. The second-order valence-electron chi connectivity index (χ2n) is 4.06. The van der Waals surface area contributed by atoms with Gasteiger partial charge >= 0.3 is 5.97 Å². The van der Waals surface area contributed by atoms with Crippen molar-refractivity contribution in [3.05, 3.63) is 29.8 Å². The molecule has 0 spiro atoms. The number of nitrogens with zero attached hydrogens (tertiary/aromatic N) is 1. The summed E-state index contributed by atoms with van der Waals surface area (Å²) in [6.45, 7) is 3.85. The van der Waals surface area contributed by atoms with Crippen LogP contribution in [0.1, 0.15) is 12.0 Å². The normalized spacial score (nSPS) is 10.5. The van der Waals surface area contributed by atoms with E-state index in [4.69, 9.17) is 9.84 Å². The van der Waals surface area contributed by atoms with Crippen LogP contribution in [0.5, 0.6) is 5.75 Å². The van der Waals surface area contributed by atoms with E-state index in [2.05, 4.69) is 0 Å². The van der Waals surface area contributed by atoms with Crippen molar-refractivity contribution in [1.82, 2.24) is 4.90 Å². The molecule has 0 fully saturated rings. The number of aryl methyl sites for hydroxylation is 1. The van der Waals surface area contributed by atoms with Gasteiger partial charge in [0.1, 0.15) is 12.4 Å². The van der Waals surface area contributed by atoms with Gasteiger partial charge in [0, 0.05) is 13.1 Å². The molecule has 1 aromatic rings. The molecule has 1 N–H and O–H groups in total. The molecule has 0 aliphatic carbocycles. The van der Waals surface area contributed by atoms with Gasteiger partial charge in [0.05, 0.1) is 6.42 Å². The molecule has 94 valence electrons. The van der Waals surface area contributed by atoms with Gasteiger partial charge in [-0.3, -0.25) is 4.79 Å². The molecule has 0 saturated heterocycles. The molecule has 0 unspecified atom stereocenters. The molecule has 1 aromatic carbocycles. The first-order valence-corrected chi connectivity index (χ1v) is 5.68. The molecule has 4 nitrogen and oxygen atoms in total. The second kappa shape index (κ2) is 6.91. The number of para-hydroxylation sites is 1. The van der Waals surface area contributed by atoms with Crippen LogP contribution in [-0.2, 0) is 4.79 Å². The molecule has 0 aliphatic heterocycles. The van der Waals surface area contributed by atoms with Crippen LogP contribution in [0.4, 0.5) is 0 Å². The number of likely N-dealkylation sites (N-methyl/N-ethyl adjacent to an activating group) is 1. The highest BCUT2D eigenvalue weighted by Crippen LogP contribution is 2.15. The molecule has 0 saturated carbocycles. The van der Waals surface area contributed by atoms with Gasteiger partial charge in [-0.25, -0.2) is 0 Å². The number of carboxylic acids is 1. The Morgan fingerprint density at radius 2 is 2.06 bits per heavy atom. The first-order valence-electron chi connectivity index (χ1n) is 5.68. The monoisotopic (exact) mass is 237 g/mol. The fourth-order valence-corrected chi connectivity index (χ4v) is 1.43. The number of ether oxygens (including phenoxy) is 1. The highest BCUT2D eigenvalue weighted by Gasteiger charge is 2.03. The van der Waals surface area contributed by atoms with Crippen molar-refractivity contribution in [3.63, 3.8) is 0 Å². The van der Waals surface area contributed by atoms with E-state index in [0.717, 1.165) is 17.9 Å². The first-order chi connectivity index (χ1) is 8.09. The van der Waals surface area contributed by atoms with E-state index >= 15 is 0 Å². The number of carbonyl (C=O) groups is 1. The maximum atomic E-state index is 10.4. The van der Waals surface area contributed by atoms with Gasteiger partial charge in [-0.2, -0.15) is 0 Å². The van der Waals surface area contributed by atoms with Crippen molar-refractivity contribution < 1.29 is 14.6 Å². The molecular formula is C13H19NO3. The Bertz CT molecular complexity index is 365. The van der Waals surface area contributed by atoms with Crippen LogP contribution in [0.2, 0.25) is 0 Å². The van der Waals surface area contributed by atoms with Crippen LogP contribution < -0.4 is 4.74 Å². The predicted octanol–water partition coefficient (Wildman–Crippen LogP) is 1.78. The average Bonchev–Trinajstić information content (AvgIpc) is 2.29. The number of hydrogen-bond donors (Lipinski definition) is 1. The molecule has 0 bridgehead atoms. The SMILES string of the molecule is Cc1ccccc1OCCN(C)CCC(=O)O. The summed E-state index contributed by atoms with van der Waals surface area (Å²) in [5, 5.41) is 8.54. The minimum absolute atomic E-state index is 0.168. The van der Waals surface area contributed by atoms with Crippen LogP contribution in [0.25, 0.3) is 0 Å². The van der Waals surface area contributed by atoms with Gasteiger partial charge in [0.25, 0.3) is 0 Å². The van der Waals surface area contributed by atoms with E-state index in [1.54, 1.807) is 0 Å². The average molecular weight is 237 g/mol. The lowest BCUT2D eigenvalue weighted by Crippen LogP contribution is -2.26. The third kappa shape index (κ3) is 5.36. The Morgan fingerprint density at radius 3 is 2.71 bits per heavy atom. The Morgan fingerprint density at radius 1 is 1.35 bits per heavy atom. The maximum absolute atomic E-state index is 10.4. The molecule has 4 heteroatoms. The highest BCUT2D eigenvalue weighted by molar-refractivity contribution is 5.66. The molecule has 0 aromatic heterocycles. The van der Waals surface area contributed by atoms with Gasteiger partial charge in [-0.1, -0.05) is 18.2 Å². The van der Waals surface area contributed by atoms with Gasteiger partial charge in [-0.05, 0) is 25.6 Å². The van der Waals surface area contributed by atoms with Crippen molar-refractivity contribution >= 4 is 5.97 Å². The van der Waals surface area contributed by atoms with Crippen LogP contribution in [0.3, 0.4) is 0 Å². The summed E-state index contributed by atoms with van der Waals surface area (Å²) in [7, 11) is 1.89. The van der Waals surface area contributed by atoms with Crippen molar-refractivity contribution in [3.8, 4) is 5.75 Å². The minimum atomic E-state index is -0.767. The van der Waals surface area contributed by atoms with E-state index in [1.165, 1.54) is 0 Å². The van der Waals surface area contributed by atoms with Crippen molar-refractivity contribution in [2.75, 3.05) is 26.7 Å². The number of rotatable bonds is 7. The predicted molar refractivity (Wildman–Crippen MR) is 66.4 cm³/mol. The molecule has 0 aliphatic rings. The quantitative estimate of drug-likeness (QED) is 0.785. The fraction of sp³-hybridized carbons (Fsp3) is 0.462. The van der Waals surface area contributed by atoms with E-state index in [0.29, 0.717) is 13.2 Å². The zero-order chi connectivity index (χ0) is 12.7. The van der Waals surface area contributed by atoms with E-state index in [1.807, 2.05) is 43.1 Å². The number of aliphatic carboxylic acids is 1. The second-order valence-corrected chi connectivity index (χ2v) is 4.06. The highest BCUT2D eigenvalue weighted by atomic mass is 16.5. The van der Waals surface area contributed by atoms with Gasteiger partial charge in [-0.15, -0.1) is 0 Å². The topological polar surface area (TPSA) is 49.8 Å². The summed E-state index contributed by atoms with van der Waals surface area (Å²) in [5.74, 6) is 0.121. The van der Waals surface area contributed by atoms with E-state index in [9.17, 15) is 4.79 Å². The standard InChI is InChI=1S/C13H19NO3/c1-11-5-3-4-6-12(11)17-10-9-14(2)8-7-13(15)16/h3-6H,7-10H2,1-2H3,(H,15,16). The summed E-state index contributed by atoms with van der Waals surface area (Å²) < 4.78 is 5.63. The number of benzene rings is 1. The Balaban J connectivity index is 2.24. The fourth-order valence-electron chi connectivity index (χ4n) is 1.43. The van der Waals surface area contributed by atoms with Gasteiger partial charge < -0.3 is 14.7 Å².